The van der Waals surface area contributed by atoms with Gasteiger partial charge < -0.3 is 13.8 Å². The van der Waals surface area contributed by atoms with Gasteiger partial charge in [-0.05, 0) is 12.8 Å². The molecular formula is C12H21O6P. The normalized spacial score (nSPS) is 19.8. The lowest BCUT2D eigenvalue weighted by Gasteiger charge is -2.21. The Morgan fingerprint density at radius 1 is 1.16 bits per heavy atom. The number of carbonyl (C=O) groups excluding carboxylic acids is 2. The SMILES string of the molecule is CCCCOP(=O)(OCCCC)C1CC(=O)OC1=O. The summed E-state index contributed by atoms with van der Waals surface area (Å²) in [6.45, 7) is 4.44. The Morgan fingerprint density at radius 2 is 1.68 bits per heavy atom. The van der Waals surface area contributed by atoms with Gasteiger partial charge in [0.1, 0.15) is 0 Å². The molecule has 1 aliphatic heterocycles. The molecule has 110 valence electrons. The largest absolute Gasteiger partial charge is 0.392 e. The smallest absolute Gasteiger partial charge is 0.345 e. The van der Waals surface area contributed by atoms with Gasteiger partial charge in [-0.15, -0.1) is 0 Å². The molecule has 0 spiro atoms. The first-order valence-corrected chi connectivity index (χ1v) is 8.28. The lowest BCUT2D eigenvalue weighted by atomic mass is 10.4. The summed E-state index contributed by atoms with van der Waals surface area (Å²) in [7, 11) is -3.62. The summed E-state index contributed by atoms with van der Waals surface area (Å²) in [4.78, 5) is 22.6. The molecule has 1 rings (SSSR count). The minimum absolute atomic E-state index is 0.228. The van der Waals surface area contributed by atoms with Crippen LogP contribution in [0.5, 0.6) is 0 Å². The fraction of sp³-hybridized carbons (Fsp3) is 0.833. The highest BCUT2D eigenvalue weighted by atomic mass is 31.2. The van der Waals surface area contributed by atoms with E-state index in [2.05, 4.69) is 4.74 Å². The lowest BCUT2D eigenvalue weighted by Crippen LogP contribution is -2.19. The van der Waals surface area contributed by atoms with E-state index in [0.29, 0.717) is 0 Å². The molecule has 7 heteroatoms. The van der Waals surface area contributed by atoms with Gasteiger partial charge in [-0.2, -0.15) is 0 Å². The first-order chi connectivity index (χ1) is 9.03. The van der Waals surface area contributed by atoms with Crippen LogP contribution in [0.1, 0.15) is 46.0 Å². The van der Waals surface area contributed by atoms with Gasteiger partial charge >= 0.3 is 19.5 Å². The molecule has 0 aromatic rings. The molecule has 1 unspecified atom stereocenters. The summed E-state index contributed by atoms with van der Waals surface area (Å²) in [5, 5.41) is 0. The molecule has 6 nitrogen and oxygen atoms in total. The third-order valence-corrected chi connectivity index (χ3v) is 5.01. The fourth-order valence-electron chi connectivity index (χ4n) is 1.59. The molecule has 0 N–H and O–H groups in total. The van der Waals surface area contributed by atoms with E-state index >= 15 is 0 Å². The van der Waals surface area contributed by atoms with Crippen molar-refractivity contribution < 1.29 is 27.9 Å². The summed E-state index contributed by atoms with van der Waals surface area (Å²) < 4.78 is 27.6. The van der Waals surface area contributed by atoms with Crippen molar-refractivity contribution in [2.75, 3.05) is 13.2 Å². The van der Waals surface area contributed by atoms with Crippen molar-refractivity contribution in [3.63, 3.8) is 0 Å². The van der Waals surface area contributed by atoms with Crippen molar-refractivity contribution in [1.82, 2.24) is 0 Å². The number of carbonyl (C=O) groups is 2. The zero-order chi connectivity index (χ0) is 14.3. The molecular weight excluding hydrogens is 271 g/mol. The zero-order valence-corrected chi connectivity index (χ0v) is 12.3. The van der Waals surface area contributed by atoms with Crippen LogP contribution in [-0.2, 0) is 27.9 Å². The monoisotopic (exact) mass is 292 g/mol. The van der Waals surface area contributed by atoms with E-state index in [1.807, 2.05) is 13.8 Å². The van der Waals surface area contributed by atoms with Gasteiger partial charge in [0.25, 0.3) is 0 Å². The molecule has 1 atom stereocenters. The van der Waals surface area contributed by atoms with E-state index in [1.165, 1.54) is 0 Å². The number of esters is 2. The van der Waals surface area contributed by atoms with Crippen LogP contribution in [0, 0.1) is 0 Å². The summed E-state index contributed by atoms with van der Waals surface area (Å²) in [5.74, 6) is -1.48. The topological polar surface area (TPSA) is 78.9 Å². The van der Waals surface area contributed by atoms with Gasteiger partial charge in [-0.25, -0.2) is 0 Å². The Balaban J connectivity index is 2.69. The molecule has 0 aromatic carbocycles. The van der Waals surface area contributed by atoms with Crippen molar-refractivity contribution in [2.45, 2.75) is 51.6 Å². The molecule has 1 saturated heterocycles. The molecule has 1 fully saturated rings. The van der Waals surface area contributed by atoms with Gasteiger partial charge in [0.15, 0.2) is 5.66 Å². The van der Waals surface area contributed by atoms with Crippen LogP contribution in [-0.4, -0.2) is 30.8 Å². The maximum absolute atomic E-state index is 12.6. The van der Waals surface area contributed by atoms with Crippen molar-refractivity contribution in [2.24, 2.45) is 0 Å². The van der Waals surface area contributed by atoms with Crippen LogP contribution in [0.4, 0.5) is 0 Å². The van der Waals surface area contributed by atoms with E-state index in [-0.39, 0.29) is 19.6 Å². The number of hydrogen-bond donors (Lipinski definition) is 0. The number of ether oxygens (including phenoxy) is 1. The molecule has 0 saturated carbocycles. The first-order valence-electron chi connectivity index (χ1n) is 6.66. The summed E-state index contributed by atoms with van der Waals surface area (Å²) >= 11 is 0. The standard InChI is InChI=1S/C12H21O6P/c1-3-5-7-16-19(15,17-8-6-4-2)10-9-11(13)18-12(10)14/h10H,3-9H2,1-2H3. The molecule has 0 aliphatic carbocycles. The maximum Gasteiger partial charge on any atom is 0.345 e. The van der Waals surface area contributed by atoms with Gasteiger partial charge in [0.05, 0.1) is 19.6 Å². The summed E-state index contributed by atoms with van der Waals surface area (Å²) in [6.07, 6.45) is 2.97. The number of unbranched alkanes of at least 4 members (excludes halogenated alkanes) is 2. The van der Waals surface area contributed by atoms with Gasteiger partial charge in [0.2, 0.25) is 0 Å². The highest BCUT2D eigenvalue weighted by Crippen LogP contribution is 2.56. The minimum Gasteiger partial charge on any atom is -0.392 e. The fourth-order valence-corrected chi connectivity index (χ4v) is 3.48. The van der Waals surface area contributed by atoms with Crippen LogP contribution < -0.4 is 0 Å². The summed E-state index contributed by atoms with van der Waals surface area (Å²) in [6, 6.07) is 0. The maximum atomic E-state index is 12.6. The van der Waals surface area contributed by atoms with E-state index in [1.54, 1.807) is 0 Å². The molecule has 1 aliphatic rings. The molecule has 0 amide bonds. The van der Waals surface area contributed by atoms with Crippen LogP contribution in [0.25, 0.3) is 0 Å². The average molecular weight is 292 g/mol. The van der Waals surface area contributed by atoms with Crippen LogP contribution in [0.2, 0.25) is 0 Å². The highest BCUT2D eigenvalue weighted by Gasteiger charge is 2.49. The number of cyclic esters (lactones) is 2. The molecule has 19 heavy (non-hydrogen) atoms. The van der Waals surface area contributed by atoms with Crippen LogP contribution in [0.3, 0.4) is 0 Å². The van der Waals surface area contributed by atoms with Gasteiger partial charge in [-0.1, -0.05) is 26.7 Å². The Labute approximate surface area is 113 Å². The Morgan fingerprint density at radius 3 is 2.05 bits per heavy atom. The Hall–Kier alpha value is -0.710. The van der Waals surface area contributed by atoms with E-state index < -0.39 is 25.2 Å². The summed E-state index contributed by atoms with van der Waals surface area (Å²) in [5.41, 5.74) is -1.10. The zero-order valence-electron chi connectivity index (χ0n) is 11.4. The second-order valence-electron chi connectivity index (χ2n) is 4.43. The van der Waals surface area contributed by atoms with Crippen LogP contribution >= 0.6 is 7.60 Å². The van der Waals surface area contributed by atoms with Crippen molar-refractivity contribution in [3.8, 4) is 0 Å². The van der Waals surface area contributed by atoms with Gasteiger partial charge in [0, 0.05) is 0 Å². The lowest BCUT2D eigenvalue weighted by molar-refractivity contribution is -0.151. The van der Waals surface area contributed by atoms with Crippen molar-refractivity contribution >= 4 is 19.5 Å². The Bertz CT molecular complexity index is 353. The number of rotatable bonds is 9. The van der Waals surface area contributed by atoms with E-state index in [4.69, 9.17) is 9.05 Å². The van der Waals surface area contributed by atoms with E-state index in [9.17, 15) is 14.2 Å². The molecule has 0 aromatic heterocycles. The second-order valence-corrected chi connectivity index (χ2v) is 6.65. The molecule has 0 bridgehead atoms. The third-order valence-electron chi connectivity index (χ3n) is 2.77. The highest BCUT2D eigenvalue weighted by molar-refractivity contribution is 7.55. The Kier molecular flexibility index (Phi) is 6.69. The molecule has 0 radical (unpaired) electrons. The molecule has 1 heterocycles. The third kappa shape index (κ3) is 4.71. The quantitative estimate of drug-likeness (QED) is 0.281. The predicted octanol–water partition coefficient (Wildman–Crippen LogP) is 2.66. The van der Waals surface area contributed by atoms with Crippen LogP contribution in [0.15, 0.2) is 0 Å². The van der Waals surface area contributed by atoms with Crippen molar-refractivity contribution in [3.05, 3.63) is 0 Å². The first kappa shape index (κ1) is 16.3. The number of hydrogen-bond acceptors (Lipinski definition) is 6. The average Bonchev–Trinajstić information content (AvgIpc) is 2.70. The van der Waals surface area contributed by atoms with Gasteiger partial charge in [-0.3, -0.25) is 14.2 Å². The minimum atomic E-state index is -3.62. The second kappa shape index (κ2) is 7.78. The van der Waals surface area contributed by atoms with Crippen molar-refractivity contribution in [1.29, 1.82) is 0 Å². The predicted molar refractivity (Wildman–Crippen MR) is 68.8 cm³/mol. The van der Waals surface area contributed by atoms with E-state index in [0.717, 1.165) is 25.7 Å².